The van der Waals surface area contributed by atoms with Crippen LogP contribution in [0, 0.1) is 12.7 Å². The summed E-state index contributed by atoms with van der Waals surface area (Å²) in [5.74, 6) is 1.10. The van der Waals surface area contributed by atoms with Gasteiger partial charge < -0.3 is 10.5 Å². The lowest BCUT2D eigenvalue weighted by molar-refractivity contribution is 0.295. The molecule has 0 fully saturated rings. The third-order valence-electron chi connectivity index (χ3n) is 3.17. The van der Waals surface area contributed by atoms with Gasteiger partial charge in [-0.2, -0.15) is 5.10 Å². The molecule has 0 aliphatic heterocycles. The first-order valence-electron chi connectivity index (χ1n) is 6.37. The zero-order chi connectivity index (χ0) is 15.0. The molecular weight excluding hydrogens is 273 g/mol. The number of nitrogens with zero attached hydrogens (tertiary/aromatic N) is 4. The fraction of sp³-hybridized carbons (Fsp3) is 0.214. The van der Waals surface area contributed by atoms with Crippen molar-refractivity contribution in [1.82, 2.24) is 19.7 Å². The second kappa shape index (κ2) is 5.01. The molecule has 3 rings (SSSR count). The van der Waals surface area contributed by atoms with Gasteiger partial charge in [0.05, 0.1) is 11.6 Å². The minimum atomic E-state index is -0.265. The van der Waals surface area contributed by atoms with Crippen molar-refractivity contribution in [1.29, 1.82) is 0 Å². The summed E-state index contributed by atoms with van der Waals surface area (Å²) in [6, 6.07) is 4.56. The van der Waals surface area contributed by atoms with Gasteiger partial charge in [-0.3, -0.25) is 4.68 Å². The topological polar surface area (TPSA) is 78.9 Å². The third-order valence-corrected chi connectivity index (χ3v) is 3.17. The van der Waals surface area contributed by atoms with Crippen LogP contribution in [-0.4, -0.2) is 19.7 Å². The molecule has 108 valence electrons. The third kappa shape index (κ3) is 2.49. The molecule has 0 aliphatic rings. The zero-order valence-corrected chi connectivity index (χ0v) is 11.7. The lowest BCUT2D eigenvalue weighted by atomic mass is 10.2. The molecule has 2 aromatic heterocycles. The number of hydrogen-bond donors (Lipinski definition) is 1. The highest BCUT2D eigenvalue weighted by molar-refractivity contribution is 5.84. The Hall–Kier alpha value is -2.70. The largest absolute Gasteiger partial charge is 0.486 e. The second-order valence-electron chi connectivity index (χ2n) is 4.73. The van der Waals surface area contributed by atoms with E-state index in [1.54, 1.807) is 37.0 Å². The highest BCUT2D eigenvalue weighted by atomic mass is 19.1. The van der Waals surface area contributed by atoms with Crippen molar-refractivity contribution < 1.29 is 9.13 Å². The van der Waals surface area contributed by atoms with Crippen molar-refractivity contribution >= 4 is 16.9 Å². The number of hydrogen-bond acceptors (Lipinski definition) is 5. The van der Waals surface area contributed by atoms with Crippen LogP contribution < -0.4 is 10.5 Å². The average Bonchev–Trinajstić information content (AvgIpc) is 2.83. The number of anilines is 1. The zero-order valence-electron chi connectivity index (χ0n) is 11.7. The molecule has 0 spiro atoms. The quantitative estimate of drug-likeness (QED) is 0.796. The van der Waals surface area contributed by atoms with Crippen molar-refractivity contribution in [3.63, 3.8) is 0 Å². The molecule has 1 aromatic carbocycles. The van der Waals surface area contributed by atoms with Crippen molar-refractivity contribution in [2.45, 2.75) is 13.5 Å². The number of fused-ring (bicyclic) bond motifs is 1. The van der Waals surface area contributed by atoms with E-state index in [0.717, 1.165) is 0 Å². The predicted molar refractivity (Wildman–Crippen MR) is 76.2 cm³/mol. The first-order chi connectivity index (χ1) is 10.0. The number of halogens is 1. The van der Waals surface area contributed by atoms with Crippen molar-refractivity contribution in [2.24, 2.45) is 7.05 Å². The van der Waals surface area contributed by atoms with E-state index in [0.29, 0.717) is 34.0 Å². The SMILES string of the molecule is Cc1cc(OCc2nc(N)c3cnn(C)c3n2)ccc1F. The van der Waals surface area contributed by atoms with Crippen LogP contribution in [0.2, 0.25) is 0 Å². The Kier molecular flexibility index (Phi) is 3.17. The molecule has 0 saturated heterocycles. The van der Waals surface area contributed by atoms with Gasteiger partial charge in [-0.15, -0.1) is 0 Å². The maximum Gasteiger partial charge on any atom is 0.170 e. The van der Waals surface area contributed by atoms with Crippen molar-refractivity contribution in [3.8, 4) is 5.75 Å². The van der Waals surface area contributed by atoms with E-state index < -0.39 is 0 Å². The Morgan fingerprint density at radius 3 is 2.90 bits per heavy atom. The van der Waals surface area contributed by atoms with Crippen LogP contribution in [0.3, 0.4) is 0 Å². The van der Waals surface area contributed by atoms with Gasteiger partial charge in [-0.05, 0) is 30.7 Å². The summed E-state index contributed by atoms with van der Waals surface area (Å²) in [5, 5.41) is 4.80. The number of aryl methyl sites for hydroxylation is 2. The van der Waals surface area contributed by atoms with Crippen LogP contribution in [0.15, 0.2) is 24.4 Å². The summed E-state index contributed by atoms with van der Waals surface area (Å²) in [7, 11) is 1.78. The molecule has 6 nitrogen and oxygen atoms in total. The van der Waals surface area contributed by atoms with E-state index in [-0.39, 0.29) is 12.4 Å². The van der Waals surface area contributed by atoms with Gasteiger partial charge in [-0.1, -0.05) is 0 Å². The minimum absolute atomic E-state index is 0.149. The molecule has 0 aliphatic carbocycles. The molecule has 7 heteroatoms. The Bertz CT molecular complexity index is 814. The first kappa shape index (κ1) is 13.3. The van der Waals surface area contributed by atoms with E-state index in [1.165, 1.54) is 6.07 Å². The number of ether oxygens (including phenoxy) is 1. The van der Waals surface area contributed by atoms with E-state index >= 15 is 0 Å². The van der Waals surface area contributed by atoms with Crippen LogP contribution in [0.25, 0.3) is 11.0 Å². The normalized spacial score (nSPS) is 11.0. The monoisotopic (exact) mass is 287 g/mol. The van der Waals surface area contributed by atoms with Crippen LogP contribution in [0.4, 0.5) is 10.2 Å². The number of aromatic nitrogens is 4. The lowest BCUT2D eigenvalue weighted by Crippen LogP contribution is -2.06. The van der Waals surface area contributed by atoms with Crippen molar-refractivity contribution in [2.75, 3.05) is 5.73 Å². The summed E-state index contributed by atoms with van der Waals surface area (Å²) in [6.07, 6.45) is 1.62. The van der Waals surface area contributed by atoms with Gasteiger partial charge >= 0.3 is 0 Å². The molecule has 0 radical (unpaired) electrons. The summed E-state index contributed by atoms with van der Waals surface area (Å²) in [6.45, 7) is 1.83. The predicted octanol–water partition coefficient (Wildman–Crippen LogP) is 1.97. The number of nitrogens with two attached hydrogens (primary N) is 1. The second-order valence-corrected chi connectivity index (χ2v) is 4.73. The summed E-state index contributed by atoms with van der Waals surface area (Å²) in [4.78, 5) is 8.54. The molecule has 0 saturated carbocycles. The fourth-order valence-electron chi connectivity index (χ4n) is 2.01. The number of benzene rings is 1. The van der Waals surface area contributed by atoms with E-state index in [2.05, 4.69) is 15.1 Å². The van der Waals surface area contributed by atoms with E-state index in [9.17, 15) is 4.39 Å². The van der Waals surface area contributed by atoms with Gasteiger partial charge in [0, 0.05) is 7.05 Å². The Balaban J connectivity index is 1.84. The average molecular weight is 287 g/mol. The van der Waals surface area contributed by atoms with Gasteiger partial charge in [0.2, 0.25) is 0 Å². The van der Waals surface area contributed by atoms with Crippen molar-refractivity contribution in [3.05, 3.63) is 41.6 Å². The molecule has 2 N–H and O–H groups in total. The van der Waals surface area contributed by atoms with Gasteiger partial charge in [0.1, 0.15) is 24.0 Å². The van der Waals surface area contributed by atoms with Gasteiger partial charge in [0.15, 0.2) is 11.5 Å². The molecule has 3 aromatic rings. The Morgan fingerprint density at radius 2 is 2.14 bits per heavy atom. The fourth-order valence-corrected chi connectivity index (χ4v) is 2.01. The molecule has 21 heavy (non-hydrogen) atoms. The first-order valence-corrected chi connectivity index (χ1v) is 6.37. The van der Waals surface area contributed by atoms with Gasteiger partial charge in [0.25, 0.3) is 0 Å². The molecule has 0 atom stereocenters. The van der Waals surface area contributed by atoms with E-state index in [1.807, 2.05) is 0 Å². The molecular formula is C14H14FN5O. The maximum absolute atomic E-state index is 13.2. The van der Waals surface area contributed by atoms with Crippen LogP contribution in [-0.2, 0) is 13.7 Å². The number of nitrogen functional groups attached to an aromatic ring is 1. The molecule has 0 unspecified atom stereocenters. The molecule has 2 heterocycles. The number of rotatable bonds is 3. The Labute approximate surface area is 120 Å². The van der Waals surface area contributed by atoms with Crippen LogP contribution in [0.1, 0.15) is 11.4 Å². The van der Waals surface area contributed by atoms with E-state index in [4.69, 9.17) is 10.5 Å². The van der Waals surface area contributed by atoms with Crippen LogP contribution in [0.5, 0.6) is 5.75 Å². The summed E-state index contributed by atoms with van der Waals surface area (Å²) < 4.78 is 20.4. The lowest BCUT2D eigenvalue weighted by Gasteiger charge is -2.07. The standard InChI is InChI=1S/C14H14FN5O/c1-8-5-9(3-4-11(8)15)21-7-12-18-13(16)10-6-17-20(2)14(10)19-12/h3-6H,7H2,1-2H3,(H2,16,18,19). The highest BCUT2D eigenvalue weighted by Gasteiger charge is 2.10. The minimum Gasteiger partial charge on any atom is -0.486 e. The summed E-state index contributed by atoms with van der Waals surface area (Å²) >= 11 is 0. The smallest absolute Gasteiger partial charge is 0.170 e. The molecule has 0 bridgehead atoms. The van der Waals surface area contributed by atoms with Crippen LogP contribution >= 0.6 is 0 Å². The summed E-state index contributed by atoms with van der Waals surface area (Å²) in [5.41, 5.74) is 7.05. The van der Waals surface area contributed by atoms with Gasteiger partial charge in [-0.25, -0.2) is 14.4 Å². The molecule has 0 amide bonds. The highest BCUT2D eigenvalue weighted by Crippen LogP contribution is 2.19. The maximum atomic E-state index is 13.2. The Morgan fingerprint density at radius 1 is 1.33 bits per heavy atom.